The number of aromatic nitrogens is 2. The molecule has 0 bridgehead atoms. The molecule has 2 aromatic carbocycles. The van der Waals surface area contributed by atoms with Gasteiger partial charge in [0, 0.05) is 10.0 Å². The van der Waals surface area contributed by atoms with Crippen LogP contribution >= 0.6 is 27.5 Å². The third kappa shape index (κ3) is 2.28. The number of aromatic amines is 2. The molecule has 0 aliphatic heterocycles. The SMILES string of the molecule is O=c1[nH]c2ccc(C(O)c3cccc(Br)c3Cl)cc2[nH]1. The van der Waals surface area contributed by atoms with Gasteiger partial charge < -0.3 is 15.1 Å². The standard InChI is InChI=1S/C14H10BrClN2O2/c15-9-3-1-2-8(12(9)16)13(19)7-4-5-10-11(6-7)18-14(20)17-10/h1-6,13,19H,(H2,17,18,20). The first-order chi connectivity index (χ1) is 9.56. The van der Waals surface area contributed by atoms with E-state index >= 15 is 0 Å². The van der Waals surface area contributed by atoms with Gasteiger partial charge in [0.1, 0.15) is 6.10 Å². The number of aliphatic hydroxyl groups is 1. The Kier molecular flexibility index (Phi) is 3.41. The predicted molar refractivity (Wildman–Crippen MR) is 82.1 cm³/mol. The number of aliphatic hydroxyl groups excluding tert-OH is 1. The van der Waals surface area contributed by atoms with Crippen LogP contribution in [0.1, 0.15) is 17.2 Å². The molecule has 6 heteroatoms. The number of fused-ring (bicyclic) bond motifs is 1. The molecule has 3 N–H and O–H groups in total. The summed E-state index contributed by atoms with van der Waals surface area (Å²) in [5.74, 6) is 0. The van der Waals surface area contributed by atoms with Crippen molar-refractivity contribution in [1.29, 1.82) is 0 Å². The Morgan fingerprint density at radius 2 is 1.90 bits per heavy atom. The second kappa shape index (κ2) is 5.09. The maximum absolute atomic E-state index is 11.2. The lowest BCUT2D eigenvalue weighted by atomic mass is 10.0. The fourth-order valence-corrected chi connectivity index (χ4v) is 2.74. The highest BCUT2D eigenvalue weighted by Gasteiger charge is 2.16. The van der Waals surface area contributed by atoms with Crippen molar-refractivity contribution in [3.63, 3.8) is 0 Å². The Morgan fingerprint density at radius 1 is 1.15 bits per heavy atom. The lowest BCUT2D eigenvalue weighted by Crippen LogP contribution is -2.01. The average Bonchev–Trinajstić information content (AvgIpc) is 2.80. The number of H-pyrrole nitrogens is 2. The van der Waals surface area contributed by atoms with E-state index in [1.807, 2.05) is 12.1 Å². The molecule has 1 unspecified atom stereocenters. The Bertz CT molecular complexity index is 841. The van der Waals surface area contributed by atoms with E-state index in [1.165, 1.54) is 0 Å². The molecule has 1 aromatic heterocycles. The minimum Gasteiger partial charge on any atom is -0.384 e. The zero-order valence-corrected chi connectivity index (χ0v) is 12.5. The summed E-state index contributed by atoms with van der Waals surface area (Å²) in [4.78, 5) is 16.6. The third-order valence-corrected chi connectivity index (χ3v) is 4.44. The summed E-state index contributed by atoms with van der Waals surface area (Å²) in [6.07, 6.45) is -0.859. The summed E-state index contributed by atoms with van der Waals surface area (Å²) in [7, 11) is 0. The van der Waals surface area contributed by atoms with Crippen LogP contribution in [-0.4, -0.2) is 15.1 Å². The van der Waals surface area contributed by atoms with Crippen molar-refractivity contribution in [2.45, 2.75) is 6.10 Å². The maximum atomic E-state index is 11.2. The van der Waals surface area contributed by atoms with Crippen molar-refractivity contribution >= 4 is 38.6 Å². The molecule has 0 saturated carbocycles. The maximum Gasteiger partial charge on any atom is 0.323 e. The zero-order chi connectivity index (χ0) is 14.3. The Morgan fingerprint density at radius 3 is 2.70 bits per heavy atom. The van der Waals surface area contributed by atoms with Crippen molar-refractivity contribution in [3.05, 3.63) is 67.5 Å². The molecule has 20 heavy (non-hydrogen) atoms. The number of benzene rings is 2. The summed E-state index contributed by atoms with van der Waals surface area (Å²) in [6.45, 7) is 0. The van der Waals surface area contributed by atoms with E-state index in [0.29, 0.717) is 27.2 Å². The molecule has 1 atom stereocenters. The summed E-state index contributed by atoms with van der Waals surface area (Å²) in [5, 5.41) is 10.9. The lowest BCUT2D eigenvalue weighted by molar-refractivity contribution is 0.220. The first-order valence-corrected chi connectivity index (χ1v) is 7.07. The first kappa shape index (κ1) is 13.4. The average molecular weight is 354 g/mol. The van der Waals surface area contributed by atoms with E-state index < -0.39 is 6.10 Å². The normalized spacial score (nSPS) is 12.8. The van der Waals surface area contributed by atoms with Crippen LogP contribution < -0.4 is 5.69 Å². The highest BCUT2D eigenvalue weighted by Crippen LogP contribution is 2.33. The monoisotopic (exact) mass is 352 g/mol. The van der Waals surface area contributed by atoms with Crippen LogP contribution in [0.25, 0.3) is 11.0 Å². The summed E-state index contributed by atoms with van der Waals surface area (Å²) < 4.78 is 0.729. The second-order valence-corrected chi connectivity index (χ2v) is 5.66. The molecule has 0 fully saturated rings. The van der Waals surface area contributed by atoms with Crippen LogP contribution in [0.4, 0.5) is 0 Å². The van der Waals surface area contributed by atoms with Crippen LogP contribution in [0.3, 0.4) is 0 Å². The highest BCUT2D eigenvalue weighted by atomic mass is 79.9. The van der Waals surface area contributed by atoms with Crippen LogP contribution in [-0.2, 0) is 0 Å². The van der Waals surface area contributed by atoms with E-state index in [9.17, 15) is 9.90 Å². The molecule has 0 radical (unpaired) electrons. The fraction of sp³-hybridized carbons (Fsp3) is 0.0714. The molecule has 0 amide bonds. The van der Waals surface area contributed by atoms with Crippen LogP contribution in [0, 0.1) is 0 Å². The molecule has 0 spiro atoms. The van der Waals surface area contributed by atoms with E-state index in [4.69, 9.17) is 11.6 Å². The Balaban J connectivity index is 2.09. The van der Waals surface area contributed by atoms with Gasteiger partial charge in [-0.3, -0.25) is 0 Å². The predicted octanol–water partition coefficient (Wildman–Crippen LogP) is 3.35. The van der Waals surface area contributed by atoms with E-state index in [1.54, 1.807) is 24.3 Å². The molecular formula is C14H10BrClN2O2. The molecule has 4 nitrogen and oxygen atoms in total. The van der Waals surface area contributed by atoms with Gasteiger partial charge in [0.15, 0.2) is 0 Å². The number of imidazole rings is 1. The molecule has 3 rings (SSSR count). The van der Waals surface area contributed by atoms with Gasteiger partial charge in [-0.15, -0.1) is 0 Å². The summed E-state index contributed by atoms with van der Waals surface area (Å²) in [5.41, 5.74) is 2.35. The van der Waals surface area contributed by atoms with E-state index in [-0.39, 0.29) is 5.69 Å². The van der Waals surface area contributed by atoms with Crippen molar-refractivity contribution < 1.29 is 5.11 Å². The van der Waals surface area contributed by atoms with Crippen LogP contribution in [0.5, 0.6) is 0 Å². The number of halogens is 2. The van der Waals surface area contributed by atoms with Gasteiger partial charge in [-0.25, -0.2) is 4.79 Å². The van der Waals surface area contributed by atoms with Gasteiger partial charge in [-0.1, -0.05) is 29.8 Å². The van der Waals surface area contributed by atoms with Crippen molar-refractivity contribution in [2.75, 3.05) is 0 Å². The smallest absolute Gasteiger partial charge is 0.323 e. The minimum atomic E-state index is -0.859. The lowest BCUT2D eigenvalue weighted by Gasteiger charge is -2.14. The molecule has 3 aromatic rings. The van der Waals surface area contributed by atoms with Gasteiger partial charge in [0.2, 0.25) is 0 Å². The Labute approximate surface area is 127 Å². The fourth-order valence-electron chi connectivity index (χ4n) is 2.13. The van der Waals surface area contributed by atoms with Gasteiger partial charge in [0.25, 0.3) is 0 Å². The Hall–Kier alpha value is -1.56. The van der Waals surface area contributed by atoms with Gasteiger partial charge in [-0.2, -0.15) is 0 Å². The second-order valence-electron chi connectivity index (χ2n) is 4.43. The van der Waals surface area contributed by atoms with Crippen LogP contribution in [0.2, 0.25) is 5.02 Å². The first-order valence-electron chi connectivity index (χ1n) is 5.90. The number of nitrogens with one attached hydrogen (secondary N) is 2. The van der Waals surface area contributed by atoms with Crippen LogP contribution in [0.15, 0.2) is 45.7 Å². The molecule has 0 aliphatic carbocycles. The van der Waals surface area contributed by atoms with E-state index in [2.05, 4.69) is 25.9 Å². The number of hydrogen-bond donors (Lipinski definition) is 3. The van der Waals surface area contributed by atoms with Gasteiger partial charge >= 0.3 is 5.69 Å². The van der Waals surface area contributed by atoms with Gasteiger partial charge in [0.05, 0.1) is 16.1 Å². The van der Waals surface area contributed by atoms with E-state index in [0.717, 1.165) is 4.47 Å². The zero-order valence-electron chi connectivity index (χ0n) is 10.2. The van der Waals surface area contributed by atoms with Crippen molar-refractivity contribution in [3.8, 4) is 0 Å². The quantitative estimate of drug-likeness (QED) is 0.661. The third-order valence-electron chi connectivity index (χ3n) is 3.13. The summed E-state index contributed by atoms with van der Waals surface area (Å²) >= 11 is 9.52. The van der Waals surface area contributed by atoms with Crippen molar-refractivity contribution in [2.24, 2.45) is 0 Å². The van der Waals surface area contributed by atoms with Gasteiger partial charge in [-0.05, 0) is 39.7 Å². The molecule has 0 saturated heterocycles. The summed E-state index contributed by atoms with van der Waals surface area (Å²) in [6, 6.07) is 10.6. The number of rotatable bonds is 2. The highest BCUT2D eigenvalue weighted by molar-refractivity contribution is 9.10. The van der Waals surface area contributed by atoms with Crippen molar-refractivity contribution in [1.82, 2.24) is 9.97 Å². The topological polar surface area (TPSA) is 68.9 Å². The minimum absolute atomic E-state index is 0.271. The molecule has 102 valence electrons. The number of hydrogen-bond acceptors (Lipinski definition) is 2. The molecule has 1 heterocycles. The largest absolute Gasteiger partial charge is 0.384 e. The molecular weight excluding hydrogens is 344 g/mol. The molecule has 0 aliphatic rings.